The van der Waals surface area contributed by atoms with Gasteiger partial charge in [0, 0.05) is 0 Å². The van der Waals surface area contributed by atoms with E-state index in [2.05, 4.69) is 9.47 Å². The predicted octanol–water partition coefficient (Wildman–Crippen LogP) is 1.67. The summed E-state index contributed by atoms with van der Waals surface area (Å²) in [4.78, 5) is 22.3. The molecule has 0 aromatic carbocycles. The molecule has 0 saturated heterocycles. The largest absolute Gasteiger partial charge is 0.828 e. The Bertz CT molecular complexity index is 536. The SMILES string of the molecule is O=C(OCCOC(=O)C([O-])(C(F)(F)F)C(F)(F)F)c1cccs1. The molecule has 0 aliphatic carbocycles. The standard InChI is InChI=1S/C11H7F6O5S/c12-10(13,14)9(20,11(15,16)17)8(19)22-4-3-21-7(18)6-2-1-5-23-6/h1-2,5H,3-4H2/q-1. The number of hydrogen-bond donors (Lipinski definition) is 0. The van der Waals surface area contributed by atoms with Crippen molar-refractivity contribution in [2.75, 3.05) is 13.2 Å². The van der Waals surface area contributed by atoms with Crippen LogP contribution in [0, 0.1) is 0 Å². The van der Waals surface area contributed by atoms with Gasteiger partial charge in [-0.3, -0.25) is 4.79 Å². The number of ether oxygens (including phenoxy) is 2. The van der Waals surface area contributed by atoms with Gasteiger partial charge in [0.15, 0.2) is 5.60 Å². The highest BCUT2D eigenvalue weighted by Gasteiger charge is 2.68. The fourth-order valence-electron chi connectivity index (χ4n) is 1.23. The average molecular weight is 365 g/mol. The summed E-state index contributed by atoms with van der Waals surface area (Å²) in [5.74, 6) is -3.97. The summed E-state index contributed by atoms with van der Waals surface area (Å²) in [6.07, 6.45) is -12.9. The van der Waals surface area contributed by atoms with Gasteiger partial charge in [-0.15, -0.1) is 11.3 Å². The number of hydrogen-bond acceptors (Lipinski definition) is 6. The van der Waals surface area contributed by atoms with Gasteiger partial charge < -0.3 is 14.6 Å². The van der Waals surface area contributed by atoms with Crippen LogP contribution >= 0.6 is 11.3 Å². The molecule has 0 aliphatic rings. The quantitative estimate of drug-likeness (QED) is 0.451. The van der Waals surface area contributed by atoms with Crippen LogP contribution in [0.4, 0.5) is 26.3 Å². The Kier molecular flexibility index (Phi) is 5.64. The molecule has 23 heavy (non-hydrogen) atoms. The second kappa shape index (κ2) is 6.74. The molecule has 0 bridgehead atoms. The molecular weight excluding hydrogens is 358 g/mol. The van der Waals surface area contributed by atoms with E-state index in [0.717, 1.165) is 11.3 Å². The Morgan fingerprint density at radius 3 is 2.00 bits per heavy atom. The van der Waals surface area contributed by atoms with Crippen LogP contribution in [-0.4, -0.2) is 43.1 Å². The highest BCUT2D eigenvalue weighted by atomic mass is 32.1. The Labute approximate surface area is 128 Å². The van der Waals surface area contributed by atoms with Gasteiger partial charge in [0.1, 0.15) is 18.1 Å². The molecule has 0 N–H and O–H groups in total. The Morgan fingerprint density at radius 2 is 1.57 bits per heavy atom. The second-order valence-electron chi connectivity index (χ2n) is 3.93. The lowest BCUT2D eigenvalue weighted by Crippen LogP contribution is -2.71. The van der Waals surface area contributed by atoms with E-state index in [1.165, 1.54) is 17.5 Å². The number of halogens is 6. The third-order valence-electron chi connectivity index (χ3n) is 2.36. The minimum atomic E-state index is -6.43. The van der Waals surface area contributed by atoms with Crippen LogP contribution in [0.25, 0.3) is 0 Å². The topological polar surface area (TPSA) is 75.7 Å². The van der Waals surface area contributed by atoms with Crippen molar-refractivity contribution in [2.24, 2.45) is 0 Å². The van der Waals surface area contributed by atoms with E-state index >= 15 is 0 Å². The van der Waals surface area contributed by atoms with Gasteiger partial charge in [0.2, 0.25) is 0 Å². The summed E-state index contributed by atoms with van der Waals surface area (Å²) < 4.78 is 81.7. The van der Waals surface area contributed by atoms with Gasteiger partial charge in [-0.2, -0.15) is 26.3 Å². The van der Waals surface area contributed by atoms with Crippen molar-refractivity contribution in [1.82, 2.24) is 0 Å². The number of esters is 2. The molecule has 5 nitrogen and oxygen atoms in total. The summed E-state index contributed by atoms with van der Waals surface area (Å²) in [5, 5.41) is 12.5. The van der Waals surface area contributed by atoms with Crippen molar-refractivity contribution in [1.29, 1.82) is 0 Å². The minimum absolute atomic E-state index is 0.125. The molecule has 0 fully saturated rings. The molecule has 1 heterocycles. The zero-order valence-electron chi connectivity index (χ0n) is 10.9. The molecular formula is C11H7F6O5S-. The minimum Gasteiger partial charge on any atom is -0.828 e. The van der Waals surface area contributed by atoms with E-state index in [9.17, 15) is 41.0 Å². The van der Waals surface area contributed by atoms with E-state index in [1.807, 2.05) is 0 Å². The van der Waals surface area contributed by atoms with Crippen LogP contribution in [-0.2, 0) is 14.3 Å². The van der Waals surface area contributed by atoms with Gasteiger partial charge >= 0.3 is 24.3 Å². The van der Waals surface area contributed by atoms with E-state index in [1.54, 1.807) is 0 Å². The highest BCUT2D eigenvalue weighted by Crippen LogP contribution is 2.41. The summed E-state index contributed by atoms with van der Waals surface area (Å²) in [5.41, 5.74) is -5.90. The number of alkyl halides is 6. The molecule has 1 aromatic rings. The monoisotopic (exact) mass is 365 g/mol. The first-order valence-electron chi connectivity index (χ1n) is 5.63. The summed E-state index contributed by atoms with van der Waals surface area (Å²) in [7, 11) is 0. The van der Waals surface area contributed by atoms with Crippen molar-refractivity contribution in [3.05, 3.63) is 22.4 Å². The number of rotatable bonds is 5. The van der Waals surface area contributed by atoms with Crippen molar-refractivity contribution >= 4 is 23.3 Å². The predicted molar refractivity (Wildman–Crippen MR) is 60.4 cm³/mol. The summed E-state index contributed by atoms with van der Waals surface area (Å²) in [6, 6.07) is 2.86. The smallest absolute Gasteiger partial charge is 0.399 e. The summed E-state index contributed by atoms with van der Waals surface area (Å²) >= 11 is 0.977. The molecule has 0 saturated carbocycles. The molecule has 12 heteroatoms. The van der Waals surface area contributed by atoms with Crippen LogP contribution in [0.5, 0.6) is 0 Å². The van der Waals surface area contributed by atoms with Crippen molar-refractivity contribution < 1.29 is 50.5 Å². The van der Waals surface area contributed by atoms with E-state index in [-0.39, 0.29) is 4.88 Å². The van der Waals surface area contributed by atoms with Crippen LogP contribution in [0.1, 0.15) is 9.67 Å². The van der Waals surface area contributed by atoms with Gasteiger partial charge in [0.25, 0.3) is 0 Å². The number of thiophene rings is 1. The van der Waals surface area contributed by atoms with E-state index in [4.69, 9.17) is 0 Å². The fraction of sp³-hybridized carbons (Fsp3) is 0.455. The maximum atomic E-state index is 12.3. The zero-order valence-corrected chi connectivity index (χ0v) is 11.7. The Morgan fingerprint density at radius 1 is 1.04 bits per heavy atom. The lowest BCUT2D eigenvalue weighted by atomic mass is 10.0. The van der Waals surface area contributed by atoms with Gasteiger partial charge in [-0.25, -0.2) is 4.79 Å². The highest BCUT2D eigenvalue weighted by molar-refractivity contribution is 7.11. The lowest BCUT2D eigenvalue weighted by Gasteiger charge is -2.40. The summed E-state index contributed by atoms with van der Waals surface area (Å²) in [6.45, 7) is -1.94. The normalized spacial score (nSPS) is 12.8. The zero-order chi connectivity index (χ0) is 17.9. The van der Waals surface area contributed by atoms with Crippen LogP contribution in [0.2, 0.25) is 0 Å². The molecule has 0 radical (unpaired) electrons. The number of carbonyl (C=O) groups is 2. The lowest BCUT2D eigenvalue weighted by molar-refractivity contribution is -0.574. The average Bonchev–Trinajstić information content (AvgIpc) is 2.93. The molecule has 0 spiro atoms. The van der Waals surface area contributed by atoms with Crippen molar-refractivity contribution in [2.45, 2.75) is 18.0 Å². The third-order valence-corrected chi connectivity index (χ3v) is 3.21. The molecule has 0 aliphatic heterocycles. The second-order valence-corrected chi connectivity index (χ2v) is 4.87. The Balaban J connectivity index is 2.59. The van der Waals surface area contributed by atoms with E-state index < -0.39 is 43.1 Å². The van der Waals surface area contributed by atoms with Crippen molar-refractivity contribution in [3.63, 3.8) is 0 Å². The van der Waals surface area contributed by atoms with Gasteiger partial charge in [-0.1, -0.05) is 6.07 Å². The first-order valence-corrected chi connectivity index (χ1v) is 6.51. The first-order chi connectivity index (χ1) is 10.4. The van der Waals surface area contributed by atoms with Crippen LogP contribution < -0.4 is 5.11 Å². The van der Waals surface area contributed by atoms with E-state index in [0.29, 0.717) is 0 Å². The molecule has 1 rings (SSSR count). The van der Waals surface area contributed by atoms with Crippen LogP contribution in [0.3, 0.4) is 0 Å². The molecule has 0 amide bonds. The van der Waals surface area contributed by atoms with Gasteiger partial charge in [-0.05, 0) is 11.4 Å². The van der Waals surface area contributed by atoms with Gasteiger partial charge in [0.05, 0.1) is 0 Å². The van der Waals surface area contributed by atoms with Crippen molar-refractivity contribution in [3.8, 4) is 0 Å². The first kappa shape index (κ1) is 19.2. The fourth-order valence-corrected chi connectivity index (χ4v) is 1.84. The molecule has 0 atom stereocenters. The number of carbonyl (C=O) groups excluding carboxylic acids is 2. The maximum Gasteiger partial charge on any atom is 0.399 e. The third kappa shape index (κ3) is 4.13. The maximum absolute atomic E-state index is 12.3. The molecule has 0 unspecified atom stereocenters. The van der Waals surface area contributed by atoms with Crippen LogP contribution in [0.15, 0.2) is 17.5 Å². The Hall–Kier alpha value is -1.82. The molecule has 130 valence electrons. The molecule has 1 aromatic heterocycles.